The molecule has 0 amide bonds. The molecule has 3 rings (SSSR count). The van der Waals surface area contributed by atoms with E-state index in [-0.39, 0.29) is 11.3 Å². The summed E-state index contributed by atoms with van der Waals surface area (Å²) in [7, 11) is -3.34. The molecule has 0 saturated heterocycles. The molecule has 0 radical (unpaired) electrons. The van der Waals surface area contributed by atoms with Gasteiger partial charge in [-0.3, -0.25) is 4.79 Å². The lowest BCUT2D eigenvalue weighted by molar-refractivity contribution is 0.597. The Hall–Kier alpha value is -2.18. The molecule has 2 heterocycles. The molecule has 0 atom stereocenters. The SMILES string of the molecule is CCc1cc(-c2ccc(S(=O)(=O)CCc3ccccc3)s2)c(C)[nH]c1=O. The van der Waals surface area contributed by atoms with Gasteiger partial charge in [-0.1, -0.05) is 37.3 Å². The second kappa shape index (κ2) is 7.60. The van der Waals surface area contributed by atoms with Gasteiger partial charge in [0.05, 0.1) is 5.75 Å². The average molecular weight is 388 g/mol. The average Bonchev–Trinajstić information content (AvgIpc) is 3.12. The van der Waals surface area contributed by atoms with Gasteiger partial charge >= 0.3 is 0 Å². The Morgan fingerprint density at radius 1 is 1.08 bits per heavy atom. The molecule has 0 aliphatic carbocycles. The number of aryl methyl sites for hydroxylation is 3. The first kappa shape index (κ1) is 18.6. The lowest BCUT2D eigenvalue weighted by Crippen LogP contribution is -2.13. The van der Waals surface area contributed by atoms with Gasteiger partial charge in [0.25, 0.3) is 5.56 Å². The molecule has 1 aromatic carbocycles. The quantitative estimate of drug-likeness (QED) is 0.695. The van der Waals surface area contributed by atoms with Crippen molar-refractivity contribution in [3.8, 4) is 10.4 Å². The normalized spacial score (nSPS) is 11.6. The second-order valence-electron chi connectivity index (χ2n) is 6.19. The van der Waals surface area contributed by atoms with Gasteiger partial charge in [-0.05, 0) is 43.5 Å². The molecular formula is C20H21NO3S2. The van der Waals surface area contributed by atoms with E-state index in [9.17, 15) is 13.2 Å². The molecule has 0 saturated carbocycles. The minimum atomic E-state index is -3.34. The minimum absolute atomic E-state index is 0.0824. The number of nitrogens with one attached hydrogen (secondary N) is 1. The van der Waals surface area contributed by atoms with Crippen molar-refractivity contribution in [2.24, 2.45) is 0 Å². The van der Waals surface area contributed by atoms with Crippen molar-refractivity contribution in [1.29, 1.82) is 0 Å². The molecule has 1 N–H and O–H groups in total. The van der Waals surface area contributed by atoms with Crippen molar-refractivity contribution in [1.82, 2.24) is 4.98 Å². The number of pyridine rings is 1. The molecule has 26 heavy (non-hydrogen) atoms. The first-order valence-electron chi connectivity index (χ1n) is 8.50. The molecule has 4 nitrogen and oxygen atoms in total. The summed E-state index contributed by atoms with van der Waals surface area (Å²) in [6.45, 7) is 3.76. The van der Waals surface area contributed by atoms with Crippen LogP contribution in [0.3, 0.4) is 0 Å². The Morgan fingerprint density at radius 2 is 1.81 bits per heavy atom. The first-order chi connectivity index (χ1) is 12.4. The van der Waals surface area contributed by atoms with E-state index in [0.29, 0.717) is 22.6 Å². The van der Waals surface area contributed by atoms with Crippen LogP contribution >= 0.6 is 11.3 Å². The van der Waals surface area contributed by atoms with E-state index < -0.39 is 9.84 Å². The zero-order chi connectivity index (χ0) is 18.7. The summed E-state index contributed by atoms with van der Waals surface area (Å²) in [4.78, 5) is 15.6. The monoisotopic (exact) mass is 387 g/mol. The Kier molecular flexibility index (Phi) is 5.44. The fourth-order valence-corrected chi connectivity index (χ4v) is 5.63. The van der Waals surface area contributed by atoms with Crippen LogP contribution in [-0.4, -0.2) is 19.2 Å². The van der Waals surface area contributed by atoms with Crippen molar-refractivity contribution in [2.45, 2.75) is 30.9 Å². The molecule has 3 aromatic rings. The van der Waals surface area contributed by atoms with Gasteiger partial charge in [-0.2, -0.15) is 0 Å². The number of aromatic amines is 1. The van der Waals surface area contributed by atoms with E-state index in [1.54, 1.807) is 6.07 Å². The number of hydrogen-bond acceptors (Lipinski definition) is 4. The van der Waals surface area contributed by atoms with Gasteiger partial charge in [0.15, 0.2) is 9.84 Å². The number of sulfone groups is 1. The number of rotatable bonds is 6. The molecule has 0 fully saturated rings. The Morgan fingerprint density at radius 3 is 2.50 bits per heavy atom. The maximum absolute atomic E-state index is 12.7. The zero-order valence-corrected chi connectivity index (χ0v) is 16.4. The van der Waals surface area contributed by atoms with Crippen LogP contribution in [0.25, 0.3) is 10.4 Å². The van der Waals surface area contributed by atoms with E-state index in [2.05, 4.69) is 4.98 Å². The van der Waals surface area contributed by atoms with E-state index >= 15 is 0 Å². The third-order valence-corrected chi connectivity index (χ3v) is 7.77. The van der Waals surface area contributed by atoms with E-state index in [1.807, 2.05) is 56.3 Å². The van der Waals surface area contributed by atoms with E-state index in [4.69, 9.17) is 0 Å². The van der Waals surface area contributed by atoms with Gasteiger partial charge in [-0.25, -0.2) is 8.42 Å². The lowest BCUT2D eigenvalue weighted by Gasteiger charge is -2.06. The van der Waals surface area contributed by atoms with Gasteiger partial charge in [0, 0.05) is 21.7 Å². The highest BCUT2D eigenvalue weighted by Gasteiger charge is 2.18. The van der Waals surface area contributed by atoms with Crippen molar-refractivity contribution in [3.05, 3.63) is 75.7 Å². The molecule has 0 aliphatic heterocycles. The van der Waals surface area contributed by atoms with Crippen molar-refractivity contribution in [3.63, 3.8) is 0 Å². The van der Waals surface area contributed by atoms with Crippen LogP contribution < -0.4 is 5.56 Å². The highest BCUT2D eigenvalue weighted by Crippen LogP contribution is 2.33. The van der Waals surface area contributed by atoms with Crippen LogP contribution in [0.5, 0.6) is 0 Å². The maximum atomic E-state index is 12.7. The van der Waals surface area contributed by atoms with E-state index in [0.717, 1.165) is 21.7 Å². The van der Waals surface area contributed by atoms with Crippen LogP contribution in [0.1, 0.15) is 23.7 Å². The summed E-state index contributed by atoms with van der Waals surface area (Å²) < 4.78 is 25.7. The summed E-state index contributed by atoms with van der Waals surface area (Å²) in [5.41, 5.74) is 3.27. The smallest absolute Gasteiger partial charge is 0.251 e. The van der Waals surface area contributed by atoms with E-state index in [1.165, 1.54) is 11.3 Å². The number of aromatic nitrogens is 1. The van der Waals surface area contributed by atoms with Gasteiger partial charge in [0.2, 0.25) is 0 Å². The number of benzene rings is 1. The zero-order valence-electron chi connectivity index (χ0n) is 14.8. The largest absolute Gasteiger partial charge is 0.326 e. The lowest BCUT2D eigenvalue weighted by atomic mass is 10.1. The van der Waals surface area contributed by atoms with Crippen LogP contribution in [0, 0.1) is 6.92 Å². The number of thiophene rings is 1. The number of H-pyrrole nitrogens is 1. The molecule has 136 valence electrons. The van der Waals surface area contributed by atoms with Crippen LogP contribution in [0.2, 0.25) is 0 Å². The Labute approximate surface area is 157 Å². The Bertz CT molecular complexity index is 1060. The highest BCUT2D eigenvalue weighted by atomic mass is 32.2. The standard InChI is InChI=1S/C20H21NO3S2/c1-3-16-13-17(14(2)21-20(16)22)18-9-10-19(25-18)26(23,24)12-11-15-7-5-4-6-8-15/h4-10,13H,3,11-12H2,1-2H3,(H,21,22). The van der Waals surface area contributed by atoms with Crippen molar-refractivity contribution in [2.75, 3.05) is 5.75 Å². The van der Waals surface area contributed by atoms with Crippen LogP contribution in [0.4, 0.5) is 0 Å². The second-order valence-corrected chi connectivity index (χ2v) is 9.61. The van der Waals surface area contributed by atoms with Gasteiger partial charge in [-0.15, -0.1) is 11.3 Å². The molecule has 0 unspecified atom stereocenters. The molecule has 6 heteroatoms. The van der Waals surface area contributed by atoms with Crippen LogP contribution in [0.15, 0.2) is 57.5 Å². The topological polar surface area (TPSA) is 67.0 Å². The summed E-state index contributed by atoms with van der Waals surface area (Å²) >= 11 is 1.26. The fraction of sp³-hybridized carbons (Fsp3) is 0.250. The summed E-state index contributed by atoms with van der Waals surface area (Å²) in [5.74, 6) is 0.0851. The predicted octanol–water partition coefficient (Wildman–Crippen LogP) is 3.99. The van der Waals surface area contributed by atoms with Crippen molar-refractivity contribution < 1.29 is 8.42 Å². The maximum Gasteiger partial charge on any atom is 0.251 e. The number of hydrogen-bond donors (Lipinski definition) is 1. The minimum Gasteiger partial charge on any atom is -0.326 e. The third-order valence-electron chi connectivity index (χ3n) is 4.35. The van der Waals surface area contributed by atoms with Crippen molar-refractivity contribution >= 4 is 21.2 Å². The van der Waals surface area contributed by atoms with Gasteiger partial charge < -0.3 is 4.98 Å². The summed E-state index contributed by atoms with van der Waals surface area (Å²) in [6, 6.07) is 15.0. The predicted molar refractivity (Wildman–Crippen MR) is 107 cm³/mol. The molecule has 0 spiro atoms. The Balaban J connectivity index is 1.86. The van der Waals surface area contributed by atoms with Gasteiger partial charge in [0.1, 0.15) is 4.21 Å². The first-order valence-corrected chi connectivity index (χ1v) is 11.0. The van der Waals surface area contributed by atoms with Crippen LogP contribution in [-0.2, 0) is 22.7 Å². The molecule has 0 bridgehead atoms. The summed E-state index contributed by atoms with van der Waals surface area (Å²) in [5, 5.41) is 0. The highest BCUT2D eigenvalue weighted by molar-refractivity contribution is 7.93. The fourth-order valence-electron chi connectivity index (χ4n) is 2.81. The molecule has 2 aromatic heterocycles. The molecular weight excluding hydrogens is 366 g/mol. The third kappa shape index (κ3) is 3.97. The summed E-state index contributed by atoms with van der Waals surface area (Å²) in [6.07, 6.45) is 1.13. The molecule has 0 aliphatic rings.